The Morgan fingerprint density at radius 2 is 1.84 bits per heavy atom. The molecule has 0 bridgehead atoms. The maximum absolute atomic E-state index is 15.5. The average Bonchev–Trinajstić information content (AvgIpc) is 2.96. The van der Waals surface area contributed by atoms with E-state index in [4.69, 9.17) is 16.6 Å². The molecule has 0 radical (unpaired) electrons. The van der Waals surface area contributed by atoms with Gasteiger partial charge in [0.2, 0.25) is 5.91 Å². The maximum atomic E-state index is 15.5. The molecule has 10 heteroatoms. The number of carbonyl (C=O) groups excluding carboxylic acids is 1. The molecule has 1 fully saturated rings. The molecule has 3 aromatic heterocycles. The Balaban J connectivity index is 1.88. The molecule has 1 aliphatic rings. The van der Waals surface area contributed by atoms with Crippen molar-refractivity contribution in [2.24, 2.45) is 0 Å². The molecule has 4 aromatic rings. The molecule has 0 unspecified atom stereocenters. The molecule has 0 spiro atoms. The summed E-state index contributed by atoms with van der Waals surface area (Å²) in [6, 6.07) is 7.88. The zero-order valence-corrected chi connectivity index (χ0v) is 26.6. The van der Waals surface area contributed by atoms with Crippen LogP contribution in [0.4, 0.5) is 10.2 Å². The minimum atomic E-state index is -0.552. The Bertz CT molecular complexity index is 1870. The topological polar surface area (TPSA) is 84.2 Å². The van der Waals surface area contributed by atoms with Crippen LogP contribution in [-0.2, 0) is 4.79 Å². The van der Waals surface area contributed by atoms with Crippen LogP contribution >= 0.6 is 11.6 Å². The van der Waals surface area contributed by atoms with Gasteiger partial charge in [-0.3, -0.25) is 9.78 Å². The molecule has 0 N–H and O–H groups in total. The number of benzene rings is 1. The second-order valence-corrected chi connectivity index (χ2v) is 12.2. The first kappa shape index (κ1) is 31.1. The number of hydrogen-bond acceptors (Lipinski definition) is 6. The fraction of sp³-hybridized carbons (Fsp3) is 0.324. The van der Waals surface area contributed by atoms with E-state index in [2.05, 4.69) is 23.1 Å². The summed E-state index contributed by atoms with van der Waals surface area (Å²) in [5.74, 6) is -0.282. The molecule has 0 saturated carbocycles. The summed E-state index contributed by atoms with van der Waals surface area (Å²) in [4.78, 5) is 44.6. The first-order valence-corrected chi connectivity index (χ1v) is 15.0. The first-order chi connectivity index (χ1) is 20.8. The van der Waals surface area contributed by atoms with Crippen molar-refractivity contribution in [2.45, 2.75) is 59.5 Å². The molecule has 228 valence electrons. The van der Waals surface area contributed by atoms with Crippen molar-refractivity contribution in [3.8, 4) is 16.9 Å². The van der Waals surface area contributed by atoms with Crippen LogP contribution in [0.15, 0.2) is 60.6 Å². The zero-order valence-electron chi connectivity index (χ0n) is 25.9. The predicted molar refractivity (Wildman–Crippen MR) is 175 cm³/mol. The number of aryl methyl sites for hydroxylation is 1. The predicted octanol–water partition coefficient (Wildman–Crippen LogP) is 6.71. The Morgan fingerprint density at radius 3 is 2.45 bits per heavy atom. The largest absolute Gasteiger partial charge is 0.355 e. The van der Waals surface area contributed by atoms with Gasteiger partial charge in [0, 0.05) is 36.9 Å². The standard InChI is InChI=1S/C34H36ClFN6O2/c1-9-27(43)40-16-21(7)41(22(8)17-40)33-24-15-25(35)30(28-23(18(2)3)11-10-12-26(28)36)38-32(24)42(34(44)39-33)31-20(6)13-14-37-29(31)19(4)5/h9-15,19,21-22H,1-2,16-17H2,3-8H3/t21-,22-/m0/s1. The Kier molecular flexibility index (Phi) is 8.44. The number of hydrogen-bond donors (Lipinski definition) is 0. The molecule has 4 heterocycles. The van der Waals surface area contributed by atoms with Crippen molar-refractivity contribution in [1.29, 1.82) is 0 Å². The SMILES string of the molecule is C=CC(=O)N1C[C@H](C)N(c2nc(=O)n(-c3c(C)ccnc3C(C)C)c3nc(-c4c(F)cccc4C(=C)C)c(Cl)cc23)[C@@H](C)C1. The second kappa shape index (κ2) is 12.0. The summed E-state index contributed by atoms with van der Waals surface area (Å²) in [5.41, 5.74) is 3.41. The van der Waals surface area contributed by atoms with Crippen LogP contribution in [0.3, 0.4) is 0 Å². The van der Waals surface area contributed by atoms with E-state index in [1.54, 1.807) is 36.2 Å². The van der Waals surface area contributed by atoms with E-state index < -0.39 is 11.5 Å². The molecule has 5 rings (SSSR count). The quantitative estimate of drug-likeness (QED) is 0.224. The van der Waals surface area contributed by atoms with Gasteiger partial charge in [-0.05, 0) is 69.0 Å². The molecule has 1 saturated heterocycles. The fourth-order valence-electron chi connectivity index (χ4n) is 6.13. The number of halogens is 2. The van der Waals surface area contributed by atoms with E-state index in [9.17, 15) is 9.59 Å². The number of rotatable bonds is 6. The molecule has 0 aliphatic carbocycles. The Morgan fingerprint density at radius 1 is 1.16 bits per heavy atom. The van der Waals surface area contributed by atoms with Gasteiger partial charge >= 0.3 is 5.69 Å². The third-order valence-electron chi connectivity index (χ3n) is 8.09. The van der Waals surface area contributed by atoms with Crippen molar-refractivity contribution >= 4 is 39.9 Å². The van der Waals surface area contributed by atoms with E-state index >= 15 is 4.39 Å². The number of carbonyl (C=O) groups is 1. The summed E-state index contributed by atoms with van der Waals surface area (Å²) < 4.78 is 17.0. The van der Waals surface area contributed by atoms with E-state index in [0.717, 1.165) is 5.56 Å². The highest BCUT2D eigenvalue weighted by molar-refractivity contribution is 6.34. The van der Waals surface area contributed by atoms with Crippen LogP contribution in [0.2, 0.25) is 5.02 Å². The van der Waals surface area contributed by atoms with Crippen molar-refractivity contribution in [1.82, 2.24) is 24.4 Å². The summed E-state index contributed by atoms with van der Waals surface area (Å²) in [7, 11) is 0. The smallest absolute Gasteiger partial charge is 0.347 e. The Hall–Kier alpha value is -4.37. The number of pyridine rings is 2. The van der Waals surface area contributed by atoms with Crippen LogP contribution < -0.4 is 10.6 Å². The normalized spacial score (nSPS) is 16.9. The van der Waals surface area contributed by atoms with Crippen LogP contribution in [0.25, 0.3) is 33.6 Å². The Labute approximate surface area is 261 Å². The van der Waals surface area contributed by atoms with Gasteiger partial charge in [-0.1, -0.05) is 56.3 Å². The number of nitrogens with zero attached hydrogens (tertiary/aromatic N) is 6. The highest BCUT2D eigenvalue weighted by atomic mass is 35.5. The van der Waals surface area contributed by atoms with Crippen molar-refractivity contribution in [3.63, 3.8) is 0 Å². The minimum absolute atomic E-state index is 0.0181. The van der Waals surface area contributed by atoms with Gasteiger partial charge in [-0.15, -0.1) is 0 Å². The monoisotopic (exact) mass is 614 g/mol. The number of amides is 1. The molecule has 44 heavy (non-hydrogen) atoms. The van der Waals surface area contributed by atoms with E-state index in [1.807, 2.05) is 45.6 Å². The highest BCUT2D eigenvalue weighted by Crippen LogP contribution is 2.39. The lowest BCUT2D eigenvalue weighted by atomic mass is 9.98. The fourth-order valence-corrected chi connectivity index (χ4v) is 6.38. The van der Waals surface area contributed by atoms with Gasteiger partial charge < -0.3 is 9.80 Å². The van der Waals surface area contributed by atoms with E-state index in [1.165, 1.54) is 16.7 Å². The second-order valence-electron chi connectivity index (χ2n) is 11.8. The number of fused-ring (bicyclic) bond motifs is 1. The summed E-state index contributed by atoms with van der Waals surface area (Å²) in [5, 5.41) is 0.720. The van der Waals surface area contributed by atoms with E-state index in [0.29, 0.717) is 46.8 Å². The summed E-state index contributed by atoms with van der Waals surface area (Å²) >= 11 is 6.94. The molecule has 8 nitrogen and oxygen atoms in total. The van der Waals surface area contributed by atoms with E-state index in [-0.39, 0.29) is 45.8 Å². The van der Waals surface area contributed by atoms with Crippen molar-refractivity contribution in [3.05, 3.63) is 93.9 Å². The lowest BCUT2D eigenvalue weighted by molar-refractivity contribution is -0.127. The van der Waals surface area contributed by atoms with Gasteiger partial charge in [0.05, 0.1) is 27.5 Å². The summed E-state index contributed by atoms with van der Waals surface area (Å²) in [6.07, 6.45) is 3.02. The van der Waals surface area contributed by atoms with Gasteiger partial charge in [0.15, 0.2) is 5.65 Å². The third-order valence-corrected chi connectivity index (χ3v) is 8.37. The molecule has 1 aliphatic heterocycles. The van der Waals surface area contributed by atoms with Gasteiger partial charge in [-0.25, -0.2) is 18.7 Å². The number of piperazine rings is 1. The lowest BCUT2D eigenvalue weighted by Gasteiger charge is -2.45. The van der Waals surface area contributed by atoms with Gasteiger partial charge in [0.25, 0.3) is 0 Å². The minimum Gasteiger partial charge on any atom is -0.347 e. The first-order valence-electron chi connectivity index (χ1n) is 14.6. The van der Waals surface area contributed by atoms with Gasteiger partial charge in [-0.2, -0.15) is 4.98 Å². The van der Waals surface area contributed by atoms with Crippen LogP contribution in [0.1, 0.15) is 57.4 Å². The molecule has 1 amide bonds. The molecular formula is C34H36ClFN6O2. The lowest BCUT2D eigenvalue weighted by Crippen LogP contribution is -2.58. The third kappa shape index (κ3) is 5.30. The van der Waals surface area contributed by atoms with Crippen molar-refractivity contribution < 1.29 is 9.18 Å². The molecule has 2 atom stereocenters. The molecule has 1 aromatic carbocycles. The van der Waals surface area contributed by atoms with Crippen LogP contribution in [0.5, 0.6) is 0 Å². The average molecular weight is 615 g/mol. The van der Waals surface area contributed by atoms with Gasteiger partial charge in [0.1, 0.15) is 11.6 Å². The highest BCUT2D eigenvalue weighted by Gasteiger charge is 2.34. The number of anilines is 1. The number of allylic oxidation sites excluding steroid dienone is 1. The summed E-state index contributed by atoms with van der Waals surface area (Å²) in [6.45, 7) is 20.1. The zero-order chi connectivity index (χ0) is 32.0. The van der Waals surface area contributed by atoms with Crippen molar-refractivity contribution in [2.75, 3.05) is 18.0 Å². The number of aromatic nitrogens is 4. The molecular weight excluding hydrogens is 579 g/mol. The van der Waals surface area contributed by atoms with Crippen LogP contribution in [-0.4, -0.2) is 55.5 Å². The maximum Gasteiger partial charge on any atom is 0.355 e. The van der Waals surface area contributed by atoms with Crippen LogP contribution in [0, 0.1) is 12.7 Å².